The third kappa shape index (κ3) is 2.18. The van der Waals surface area contributed by atoms with E-state index in [0.717, 1.165) is 12.1 Å². The predicted molar refractivity (Wildman–Crippen MR) is 82.2 cm³/mol. The van der Waals surface area contributed by atoms with Crippen molar-refractivity contribution in [2.75, 3.05) is 11.4 Å². The van der Waals surface area contributed by atoms with Gasteiger partial charge in [-0.15, -0.1) is 0 Å². The van der Waals surface area contributed by atoms with Crippen LogP contribution >= 0.6 is 15.9 Å². The third-order valence-electron chi connectivity index (χ3n) is 3.91. The normalized spacial score (nSPS) is 16.9. The van der Waals surface area contributed by atoms with Crippen LogP contribution in [-0.2, 0) is 5.41 Å². The lowest BCUT2D eigenvalue weighted by Gasteiger charge is -2.38. The molecule has 0 aliphatic carbocycles. The van der Waals surface area contributed by atoms with E-state index in [9.17, 15) is 4.79 Å². The van der Waals surface area contributed by atoms with Crippen LogP contribution in [0.25, 0.3) is 0 Å². The largest absolute Gasteiger partial charge is 0.444 e. The Bertz CT molecular complexity index is 660. The summed E-state index contributed by atoms with van der Waals surface area (Å²) in [7, 11) is 0. The summed E-state index contributed by atoms with van der Waals surface area (Å²) < 4.78 is 5.97. The van der Waals surface area contributed by atoms with E-state index in [1.54, 1.807) is 12.1 Å². The van der Waals surface area contributed by atoms with Gasteiger partial charge in [-0.3, -0.25) is 4.79 Å². The Morgan fingerprint density at radius 1 is 1.25 bits per heavy atom. The maximum Gasteiger partial charge on any atom is 0.294 e. The molecule has 0 spiro atoms. The average Bonchev–Trinajstić information content (AvgIpc) is 2.85. The molecule has 1 aliphatic rings. The summed E-state index contributed by atoms with van der Waals surface area (Å²) in [6.45, 7) is 5.15. The number of rotatable bonds is 1. The molecule has 0 atom stereocenters. The van der Waals surface area contributed by atoms with Gasteiger partial charge < -0.3 is 9.32 Å². The fraction of sp³-hybridized carbons (Fsp3) is 0.312. The first kappa shape index (κ1) is 13.4. The minimum atomic E-state index is -0.0846. The molecule has 1 aromatic heterocycles. The van der Waals surface area contributed by atoms with Crippen molar-refractivity contribution >= 4 is 27.5 Å². The van der Waals surface area contributed by atoms with Crippen molar-refractivity contribution in [2.24, 2.45) is 0 Å². The molecule has 1 aliphatic heterocycles. The molecular formula is C16H16BrNO2. The molecule has 0 saturated carbocycles. The van der Waals surface area contributed by atoms with E-state index in [1.807, 2.05) is 23.1 Å². The Morgan fingerprint density at radius 3 is 2.70 bits per heavy atom. The van der Waals surface area contributed by atoms with Crippen LogP contribution in [0.4, 0.5) is 5.69 Å². The van der Waals surface area contributed by atoms with Crippen molar-refractivity contribution in [3.8, 4) is 0 Å². The lowest BCUT2D eigenvalue weighted by atomic mass is 9.77. The van der Waals surface area contributed by atoms with Gasteiger partial charge >= 0.3 is 0 Å². The molecule has 0 unspecified atom stereocenters. The second-order valence-corrected chi connectivity index (χ2v) is 6.49. The van der Waals surface area contributed by atoms with E-state index in [-0.39, 0.29) is 11.3 Å². The van der Waals surface area contributed by atoms with Gasteiger partial charge in [0.25, 0.3) is 5.91 Å². The maximum absolute atomic E-state index is 12.6. The zero-order valence-electron chi connectivity index (χ0n) is 11.5. The standard InChI is InChI=1S/C16H16BrNO2/c1-16(2)9-10-18(12-6-4-3-5-11(12)16)15(19)13-7-8-14(17)20-13/h3-8H,9-10H2,1-2H3. The van der Waals surface area contributed by atoms with E-state index in [0.29, 0.717) is 17.0 Å². The Hall–Kier alpha value is -1.55. The fourth-order valence-electron chi connectivity index (χ4n) is 2.70. The summed E-state index contributed by atoms with van der Waals surface area (Å²) in [4.78, 5) is 14.4. The summed E-state index contributed by atoms with van der Waals surface area (Å²) in [5.74, 6) is 0.282. The summed E-state index contributed by atoms with van der Waals surface area (Å²) in [6.07, 6.45) is 0.942. The first-order chi connectivity index (χ1) is 9.49. The van der Waals surface area contributed by atoms with E-state index >= 15 is 0 Å². The first-order valence-electron chi connectivity index (χ1n) is 6.66. The summed E-state index contributed by atoms with van der Waals surface area (Å²) >= 11 is 3.24. The number of hydrogen-bond acceptors (Lipinski definition) is 2. The Morgan fingerprint density at radius 2 is 2.00 bits per heavy atom. The van der Waals surface area contributed by atoms with E-state index < -0.39 is 0 Å². The van der Waals surface area contributed by atoms with Gasteiger partial charge in [-0.25, -0.2) is 0 Å². The summed E-state index contributed by atoms with van der Waals surface area (Å²) in [6, 6.07) is 11.6. The molecule has 0 fully saturated rings. The molecule has 3 rings (SSSR count). The number of halogens is 1. The topological polar surface area (TPSA) is 33.5 Å². The number of nitrogens with zero attached hydrogens (tertiary/aromatic N) is 1. The highest BCUT2D eigenvalue weighted by Gasteiger charge is 2.34. The minimum absolute atomic E-state index is 0.0846. The van der Waals surface area contributed by atoms with Gasteiger partial charge in [-0.2, -0.15) is 0 Å². The van der Waals surface area contributed by atoms with Crippen LogP contribution in [0.1, 0.15) is 36.4 Å². The Balaban J connectivity index is 2.02. The molecule has 104 valence electrons. The van der Waals surface area contributed by atoms with Gasteiger partial charge in [0.15, 0.2) is 10.4 Å². The van der Waals surface area contributed by atoms with Crippen LogP contribution < -0.4 is 4.90 Å². The van der Waals surface area contributed by atoms with Crippen molar-refractivity contribution in [3.05, 3.63) is 52.4 Å². The molecule has 2 heterocycles. The van der Waals surface area contributed by atoms with Crippen LogP contribution in [0, 0.1) is 0 Å². The average molecular weight is 334 g/mol. The molecule has 1 aromatic carbocycles. The van der Waals surface area contributed by atoms with E-state index in [2.05, 4.69) is 35.8 Å². The lowest BCUT2D eigenvalue weighted by Crippen LogP contribution is -2.40. The van der Waals surface area contributed by atoms with Gasteiger partial charge in [-0.1, -0.05) is 32.0 Å². The summed E-state index contributed by atoms with van der Waals surface area (Å²) in [5.41, 5.74) is 2.29. The molecule has 0 bridgehead atoms. The smallest absolute Gasteiger partial charge is 0.294 e. The van der Waals surface area contributed by atoms with Gasteiger partial charge in [0.05, 0.1) is 0 Å². The molecule has 0 saturated heterocycles. The number of benzene rings is 1. The zero-order chi connectivity index (χ0) is 14.3. The number of carbonyl (C=O) groups excluding carboxylic acids is 1. The number of carbonyl (C=O) groups is 1. The fourth-order valence-corrected chi connectivity index (χ4v) is 3.01. The second kappa shape index (κ2) is 4.77. The molecule has 20 heavy (non-hydrogen) atoms. The molecule has 1 amide bonds. The highest BCUT2D eigenvalue weighted by atomic mass is 79.9. The third-order valence-corrected chi connectivity index (χ3v) is 4.34. The van der Waals surface area contributed by atoms with Crippen LogP contribution in [0.3, 0.4) is 0 Å². The highest BCUT2D eigenvalue weighted by molar-refractivity contribution is 9.10. The van der Waals surface area contributed by atoms with E-state index in [1.165, 1.54) is 5.56 Å². The number of furan rings is 1. The van der Waals surface area contributed by atoms with Crippen LogP contribution in [0.2, 0.25) is 0 Å². The highest BCUT2D eigenvalue weighted by Crippen LogP contribution is 2.39. The quantitative estimate of drug-likeness (QED) is 0.776. The molecule has 0 N–H and O–H groups in total. The Labute approximate surface area is 126 Å². The summed E-state index contributed by atoms with van der Waals surface area (Å²) in [5, 5.41) is 0. The first-order valence-corrected chi connectivity index (χ1v) is 7.45. The Kier molecular flexibility index (Phi) is 3.21. The molecule has 4 heteroatoms. The SMILES string of the molecule is CC1(C)CCN(C(=O)c2ccc(Br)o2)c2ccccc21. The second-order valence-electron chi connectivity index (χ2n) is 5.71. The number of anilines is 1. The van der Waals surface area contributed by atoms with Gasteiger partial charge in [0, 0.05) is 12.2 Å². The van der Waals surface area contributed by atoms with Crippen LogP contribution in [-0.4, -0.2) is 12.5 Å². The van der Waals surface area contributed by atoms with Gasteiger partial charge in [0.2, 0.25) is 0 Å². The molecular weight excluding hydrogens is 318 g/mol. The molecule has 2 aromatic rings. The van der Waals surface area contributed by atoms with Gasteiger partial charge in [0.1, 0.15) is 0 Å². The van der Waals surface area contributed by atoms with Crippen molar-refractivity contribution < 1.29 is 9.21 Å². The van der Waals surface area contributed by atoms with Crippen molar-refractivity contribution in [1.82, 2.24) is 0 Å². The number of hydrogen-bond donors (Lipinski definition) is 0. The number of amides is 1. The number of para-hydroxylation sites is 1. The van der Waals surface area contributed by atoms with Crippen molar-refractivity contribution in [2.45, 2.75) is 25.7 Å². The molecule has 3 nitrogen and oxygen atoms in total. The zero-order valence-corrected chi connectivity index (χ0v) is 13.1. The lowest BCUT2D eigenvalue weighted by molar-refractivity contribution is 0.0954. The minimum Gasteiger partial charge on any atom is -0.444 e. The van der Waals surface area contributed by atoms with Crippen LogP contribution in [0.15, 0.2) is 45.5 Å². The number of fused-ring (bicyclic) bond motifs is 1. The van der Waals surface area contributed by atoms with Gasteiger partial charge in [-0.05, 0) is 51.5 Å². The van der Waals surface area contributed by atoms with E-state index in [4.69, 9.17) is 4.42 Å². The molecule has 0 radical (unpaired) electrons. The predicted octanol–water partition coefficient (Wildman–Crippen LogP) is 4.37. The monoisotopic (exact) mass is 333 g/mol. The maximum atomic E-state index is 12.6. The van der Waals surface area contributed by atoms with Crippen molar-refractivity contribution in [1.29, 1.82) is 0 Å². The van der Waals surface area contributed by atoms with Crippen LogP contribution in [0.5, 0.6) is 0 Å². The van der Waals surface area contributed by atoms with Crippen molar-refractivity contribution in [3.63, 3.8) is 0 Å².